The van der Waals surface area contributed by atoms with Gasteiger partial charge in [-0.15, -0.1) is 0 Å². The maximum atomic E-state index is 12.1. The molecule has 3 rings (SSSR count). The Balaban J connectivity index is 1.67. The first-order valence-electron chi connectivity index (χ1n) is 9.50. The molecule has 0 heterocycles. The summed E-state index contributed by atoms with van der Waals surface area (Å²) in [5.74, 6) is 1.40. The van der Waals surface area contributed by atoms with Crippen LogP contribution in [0.15, 0.2) is 78.0 Å². The third kappa shape index (κ3) is 5.57. The SMILES string of the molecule is Cc1cccc(NC(=O)N(C)N=[NH2+])c1COc1cccc(OCc2ccccc2)c1. The fraction of sp³-hybridized carbons (Fsp3) is 0.174. The van der Waals surface area contributed by atoms with E-state index in [9.17, 15) is 4.79 Å². The van der Waals surface area contributed by atoms with Crippen LogP contribution in [0.2, 0.25) is 0 Å². The van der Waals surface area contributed by atoms with Crippen molar-refractivity contribution >= 4 is 11.7 Å². The number of amides is 2. The number of carbonyl (C=O) groups excluding carboxylic acids is 1. The molecule has 3 N–H and O–H groups in total. The number of rotatable bonds is 8. The second-order valence-corrected chi connectivity index (χ2v) is 6.71. The van der Waals surface area contributed by atoms with Crippen LogP contribution in [-0.4, -0.2) is 18.1 Å². The largest absolute Gasteiger partial charge is 0.489 e. The van der Waals surface area contributed by atoms with Gasteiger partial charge < -0.3 is 9.47 Å². The Bertz CT molecular complexity index is 1010. The summed E-state index contributed by atoms with van der Waals surface area (Å²) in [7, 11) is 1.47. The Labute approximate surface area is 175 Å². The van der Waals surface area contributed by atoms with Gasteiger partial charge in [-0.3, -0.25) is 5.32 Å². The van der Waals surface area contributed by atoms with Crippen LogP contribution in [0.4, 0.5) is 10.5 Å². The van der Waals surface area contributed by atoms with Gasteiger partial charge in [0.15, 0.2) is 0 Å². The molecule has 0 saturated heterocycles. The van der Waals surface area contributed by atoms with Crippen molar-refractivity contribution in [2.24, 2.45) is 5.22 Å². The first-order valence-corrected chi connectivity index (χ1v) is 9.50. The zero-order valence-electron chi connectivity index (χ0n) is 17.0. The van der Waals surface area contributed by atoms with E-state index in [0.717, 1.165) is 27.4 Å². The van der Waals surface area contributed by atoms with Gasteiger partial charge in [0.05, 0.1) is 10.9 Å². The summed E-state index contributed by atoms with van der Waals surface area (Å²) in [5.41, 5.74) is 8.76. The summed E-state index contributed by atoms with van der Waals surface area (Å²) in [6.07, 6.45) is 0. The number of benzene rings is 3. The van der Waals surface area contributed by atoms with Crippen molar-refractivity contribution in [1.82, 2.24) is 5.01 Å². The number of hydrogen-bond donors (Lipinski definition) is 2. The van der Waals surface area contributed by atoms with E-state index >= 15 is 0 Å². The highest BCUT2D eigenvalue weighted by molar-refractivity contribution is 5.89. The molecule has 0 aliphatic heterocycles. The zero-order valence-corrected chi connectivity index (χ0v) is 17.0. The molecule has 7 nitrogen and oxygen atoms in total. The van der Waals surface area contributed by atoms with Gasteiger partial charge in [0, 0.05) is 11.6 Å². The van der Waals surface area contributed by atoms with E-state index in [1.54, 1.807) is 0 Å². The summed E-state index contributed by atoms with van der Waals surface area (Å²) >= 11 is 0. The monoisotopic (exact) mass is 405 g/mol. The average molecular weight is 405 g/mol. The van der Waals surface area contributed by atoms with Crippen LogP contribution < -0.4 is 20.3 Å². The quantitative estimate of drug-likeness (QED) is 0.442. The lowest BCUT2D eigenvalue weighted by Crippen LogP contribution is -2.37. The number of anilines is 1. The van der Waals surface area contributed by atoms with Crippen LogP contribution in [-0.2, 0) is 13.2 Å². The third-order valence-electron chi connectivity index (χ3n) is 4.56. The van der Waals surface area contributed by atoms with Crippen LogP contribution in [0, 0.1) is 6.92 Å². The Hall–Kier alpha value is -3.87. The minimum absolute atomic E-state index is 0.286. The molecule has 0 saturated carbocycles. The lowest BCUT2D eigenvalue weighted by molar-refractivity contribution is -0.248. The third-order valence-corrected chi connectivity index (χ3v) is 4.56. The van der Waals surface area contributed by atoms with Crippen LogP contribution in [0.25, 0.3) is 0 Å². The topological polar surface area (TPSA) is 88.8 Å². The summed E-state index contributed by atoms with van der Waals surface area (Å²) in [4.78, 5) is 12.1. The zero-order chi connectivity index (χ0) is 21.3. The fourth-order valence-corrected chi connectivity index (χ4v) is 2.81. The van der Waals surface area contributed by atoms with E-state index in [1.807, 2.05) is 79.7 Å². The number of aryl methyl sites for hydroxylation is 1. The van der Waals surface area contributed by atoms with E-state index in [2.05, 4.69) is 10.5 Å². The van der Waals surface area contributed by atoms with Gasteiger partial charge in [-0.1, -0.05) is 53.5 Å². The van der Waals surface area contributed by atoms with Crippen molar-refractivity contribution in [3.05, 3.63) is 89.5 Å². The number of ether oxygens (including phenoxy) is 2. The van der Waals surface area contributed by atoms with Crippen LogP contribution in [0.1, 0.15) is 16.7 Å². The molecule has 7 heteroatoms. The Morgan fingerprint density at radius 2 is 1.63 bits per heavy atom. The molecule has 0 radical (unpaired) electrons. The van der Waals surface area contributed by atoms with Crippen LogP contribution in [0.3, 0.4) is 0 Å². The van der Waals surface area contributed by atoms with Gasteiger partial charge in [0.25, 0.3) is 0 Å². The van der Waals surface area contributed by atoms with E-state index in [-0.39, 0.29) is 6.61 Å². The number of urea groups is 1. The highest BCUT2D eigenvalue weighted by atomic mass is 16.5. The highest BCUT2D eigenvalue weighted by Crippen LogP contribution is 2.25. The molecule has 3 aromatic rings. The lowest BCUT2D eigenvalue weighted by Gasteiger charge is -2.15. The number of hydrogen-bond acceptors (Lipinski definition) is 4. The highest BCUT2D eigenvalue weighted by Gasteiger charge is 2.17. The van der Waals surface area contributed by atoms with Crippen molar-refractivity contribution in [2.75, 3.05) is 12.4 Å². The van der Waals surface area contributed by atoms with Gasteiger partial charge in [-0.05, 0) is 36.2 Å². The van der Waals surface area contributed by atoms with Gasteiger partial charge in [-0.25, -0.2) is 4.79 Å². The molecule has 3 aromatic carbocycles. The number of nitrogens with zero attached hydrogens (tertiary/aromatic N) is 2. The maximum absolute atomic E-state index is 12.1. The molecule has 0 atom stereocenters. The van der Waals surface area contributed by atoms with Gasteiger partial charge in [0.1, 0.15) is 31.8 Å². The summed E-state index contributed by atoms with van der Waals surface area (Å²) in [6.45, 7) is 2.73. The molecule has 30 heavy (non-hydrogen) atoms. The first-order chi connectivity index (χ1) is 14.6. The second-order valence-electron chi connectivity index (χ2n) is 6.71. The van der Waals surface area contributed by atoms with Crippen molar-refractivity contribution < 1.29 is 19.8 Å². The van der Waals surface area contributed by atoms with E-state index in [4.69, 9.17) is 15.0 Å². The van der Waals surface area contributed by atoms with Crippen molar-refractivity contribution in [1.29, 1.82) is 0 Å². The maximum Gasteiger partial charge on any atom is 0.433 e. The Morgan fingerprint density at radius 3 is 2.33 bits per heavy atom. The van der Waals surface area contributed by atoms with Gasteiger partial charge in [0.2, 0.25) is 0 Å². The Kier molecular flexibility index (Phi) is 7.00. The standard InChI is InChI=1S/C23H24N4O3/c1-17-8-6-13-22(25-23(28)27(2)26-24)21(17)16-30-20-12-7-11-19(14-20)29-15-18-9-4-3-5-10-18/h3-14,24H,15-16H2,1-2H3,(H,25,28)/p+1. The molecule has 0 bridgehead atoms. The molecule has 0 fully saturated rings. The normalized spacial score (nSPS) is 10.2. The van der Waals surface area contributed by atoms with Crippen LogP contribution in [0.5, 0.6) is 11.5 Å². The second kappa shape index (κ2) is 10.1. The van der Waals surface area contributed by atoms with Crippen molar-refractivity contribution in [3.8, 4) is 11.5 Å². The summed E-state index contributed by atoms with van der Waals surface area (Å²) in [5, 5.41) is 7.18. The number of nitrogens with two attached hydrogens (primary N) is 1. The van der Waals surface area contributed by atoms with Crippen molar-refractivity contribution in [3.63, 3.8) is 0 Å². The van der Waals surface area contributed by atoms with Crippen LogP contribution >= 0.6 is 0 Å². The molecule has 0 unspecified atom stereocenters. The molecule has 154 valence electrons. The molecule has 2 amide bonds. The van der Waals surface area contributed by atoms with E-state index < -0.39 is 6.03 Å². The molecule has 0 aromatic heterocycles. The minimum atomic E-state index is -0.430. The average Bonchev–Trinajstić information content (AvgIpc) is 2.77. The molecule has 0 aliphatic carbocycles. The van der Waals surface area contributed by atoms with Crippen molar-refractivity contribution in [2.45, 2.75) is 20.1 Å². The molecular formula is C23H25N4O3+. The summed E-state index contributed by atoms with van der Waals surface area (Å²) in [6, 6.07) is 22.7. The lowest BCUT2D eigenvalue weighted by atomic mass is 10.1. The minimum Gasteiger partial charge on any atom is -0.489 e. The Morgan fingerprint density at radius 1 is 0.967 bits per heavy atom. The van der Waals surface area contributed by atoms with E-state index in [0.29, 0.717) is 18.0 Å². The van der Waals surface area contributed by atoms with Gasteiger partial charge >= 0.3 is 6.03 Å². The molecular weight excluding hydrogens is 380 g/mol. The summed E-state index contributed by atoms with van der Waals surface area (Å²) < 4.78 is 11.8. The number of nitrogens with one attached hydrogen (secondary N) is 1. The smallest absolute Gasteiger partial charge is 0.433 e. The number of carbonyl (C=O) groups is 1. The first kappa shape index (κ1) is 20.9. The molecule has 0 aliphatic rings. The van der Waals surface area contributed by atoms with Gasteiger partial charge in [-0.2, -0.15) is 5.53 Å². The predicted molar refractivity (Wildman–Crippen MR) is 114 cm³/mol. The van der Waals surface area contributed by atoms with E-state index in [1.165, 1.54) is 7.05 Å². The molecule has 0 spiro atoms. The fourth-order valence-electron chi connectivity index (χ4n) is 2.81. The predicted octanol–water partition coefficient (Wildman–Crippen LogP) is 3.74.